The molecular weight excluding hydrogens is 394 g/mol. The molecule has 0 unspecified atom stereocenters. The van der Waals surface area contributed by atoms with Crippen molar-refractivity contribution in [1.29, 1.82) is 0 Å². The molecule has 2 aromatic rings. The third kappa shape index (κ3) is 4.75. The highest BCUT2D eigenvalue weighted by atomic mass is 32.2. The maximum Gasteiger partial charge on any atom is 0.312 e. The summed E-state index contributed by atoms with van der Waals surface area (Å²) in [5, 5.41) is 11.6. The molecule has 1 heterocycles. The minimum absolute atomic E-state index is 0.00428. The molecule has 0 radical (unpaired) electrons. The van der Waals surface area contributed by atoms with E-state index >= 15 is 0 Å². The average Bonchev–Trinajstić information content (AvgIpc) is 2.68. The monoisotopic (exact) mass is 419 g/mol. The lowest BCUT2D eigenvalue weighted by atomic mass is 10.0. The normalized spacial score (nSPS) is 16.1. The molecule has 0 aliphatic carbocycles. The van der Waals surface area contributed by atoms with Crippen LogP contribution in [-0.2, 0) is 10.0 Å². The summed E-state index contributed by atoms with van der Waals surface area (Å²) in [7, 11) is -1.87. The number of hydrogen-bond donors (Lipinski definition) is 0. The Hall–Kier alpha value is -2.49. The van der Waals surface area contributed by atoms with E-state index in [0.717, 1.165) is 11.6 Å². The van der Waals surface area contributed by atoms with Gasteiger partial charge in [0.25, 0.3) is 0 Å². The number of ether oxygens (including phenoxy) is 1. The van der Waals surface area contributed by atoms with E-state index < -0.39 is 14.9 Å². The van der Waals surface area contributed by atoms with Gasteiger partial charge in [-0.1, -0.05) is 26.0 Å². The average molecular weight is 420 g/mol. The fraction of sp³-hybridized carbons (Fsp3) is 0.400. The number of sulfonamides is 1. The third-order valence-electron chi connectivity index (χ3n) is 5.00. The standard InChI is InChI=1S/C20H25N3O5S/c1-15(2)16-4-6-17(7-5-16)28-20-9-8-18(14-19(20)23(24)25)29(26,27)22-12-10-21(3)11-13-22/h4-9,14-15H,10-13H2,1-3H3. The summed E-state index contributed by atoms with van der Waals surface area (Å²) in [6.07, 6.45) is 0. The van der Waals surface area contributed by atoms with Gasteiger partial charge in [0.15, 0.2) is 0 Å². The Bertz CT molecular complexity index is 982. The van der Waals surface area contributed by atoms with Crippen molar-refractivity contribution >= 4 is 15.7 Å². The van der Waals surface area contributed by atoms with Crippen LogP contribution in [0, 0.1) is 10.1 Å². The summed E-state index contributed by atoms with van der Waals surface area (Å²) in [5.41, 5.74) is 0.744. The topological polar surface area (TPSA) is 93.0 Å². The summed E-state index contributed by atoms with van der Waals surface area (Å²) in [4.78, 5) is 12.9. The van der Waals surface area contributed by atoms with Crippen LogP contribution < -0.4 is 4.74 Å². The van der Waals surface area contributed by atoms with Gasteiger partial charge >= 0.3 is 5.69 Å². The minimum atomic E-state index is -3.80. The zero-order chi connectivity index (χ0) is 21.2. The van der Waals surface area contributed by atoms with Crippen molar-refractivity contribution in [2.45, 2.75) is 24.7 Å². The fourth-order valence-electron chi connectivity index (χ4n) is 3.11. The van der Waals surface area contributed by atoms with Crippen molar-refractivity contribution in [2.75, 3.05) is 33.2 Å². The van der Waals surface area contributed by atoms with Gasteiger partial charge in [-0.2, -0.15) is 4.31 Å². The Kier molecular flexibility index (Phi) is 6.21. The number of rotatable bonds is 6. The summed E-state index contributed by atoms with van der Waals surface area (Å²) in [6.45, 7) is 6.09. The maximum atomic E-state index is 12.9. The molecule has 156 valence electrons. The highest BCUT2D eigenvalue weighted by molar-refractivity contribution is 7.89. The summed E-state index contributed by atoms with van der Waals surface area (Å²) in [6, 6.07) is 11.1. The van der Waals surface area contributed by atoms with Crippen LogP contribution >= 0.6 is 0 Å². The molecule has 0 aromatic heterocycles. The molecule has 1 fully saturated rings. The predicted octanol–water partition coefficient (Wildman–Crippen LogP) is 3.45. The third-order valence-corrected chi connectivity index (χ3v) is 6.90. The van der Waals surface area contributed by atoms with Crippen molar-refractivity contribution in [3.05, 3.63) is 58.1 Å². The largest absolute Gasteiger partial charge is 0.450 e. The lowest BCUT2D eigenvalue weighted by molar-refractivity contribution is -0.385. The first-order chi connectivity index (χ1) is 13.7. The molecule has 1 aliphatic heterocycles. The second kappa shape index (κ2) is 8.48. The maximum absolute atomic E-state index is 12.9. The SMILES string of the molecule is CC(C)c1ccc(Oc2ccc(S(=O)(=O)N3CCN(C)CC3)cc2[N+](=O)[O-])cc1. The van der Waals surface area contributed by atoms with Gasteiger partial charge in [-0.3, -0.25) is 10.1 Å². The molecule has 1 saturated heterocycles. The van der Waals surface area contributed by atoms with Crippen LogP contribution in [-0.4, -0.2) is 55.8 Å². The summed E-state index contributed by atoms with van der Waals surface area (Å²) in [5.74, 6) is 0.814. The highest BCUT2D eigenvalue weighted by Gasteiger charge is 2.30. The van der Waals surface area contributed by atoms with Gasteiger partial charge in [-0.15, -0.1) is 0 Å². The Morgan fingerprint density at radius 3 is 2.21 bits per heavy atom. The molecule has 0 N–H and O–H groups in total. The van der Waals surface area contributed by atoms with Crippen molar-refractivity contribution in [1.82, 2.24) is 9.21 Å². The number of nitrogens with zero attached hydrogens (tertiary/aromatic N) is 3. The van der Waals surface area contributed by atoms with Gasteiger partial charge in [0.1, 0.15) is 5.75 Å². The Balaban J connectivity index is 1.88. The van der Waals surface area contributed by atoms with E-state index in [1.807, 2.05) is 24.1 Å². The second-order valence-electron chi connectivity index (χ2n) is 7.42. The predicted molar refractivity (Wildman–Crippen MR) is 110 cm³/mol. The van der Waals surface area contributed by atoms with Crippen molar-refractivity contribution in [2.24, 2.45) is 0 Å². The molecule has 29 heavy (non-hydrogen) atoms. The number of piperazine rings is 1. The van der Waals surface area contributed by atoms with Crippen LogP contribution in [0.1, 0.15) is 25.3 Å². The zero-order valence-corrected chi connectivity index (χ0v) is 17.6. The minimum Gasteiger partial charge on any atom is -0.450 e. The smallest absolute Gasteiger partial charge is 0.312 e. The first-order valence-corrected chi connectivity index (χ1v) is 10.9. The van der Waals surface area contributed by atoms with Crippen LogP contribution in [0.25, 0.3) is 0 Å². The molecule has 8 nitrogen and oxygen atoms in total. The van der Waals surface area contributed by atoms with Gasteiger partial charge in [0, 0.05) is 32.2 Å². The van der Waals surface area contributed by atoms with Crippen molar-refractivity contribution in [3.63, 3.8) is 0 Å². The molecule has 0 bridgehead atoms. The summed E-state index contributed by atoms with van der Waals surface area (Å²) >= 11 is 0. The molecule has 0 atom stereocenters. The first kappa shape index (κ1) is 21.2. The second-order valence-corrected chi connectivity index (χ2v) is 9.36. The number of benzene rings is 2. The molecule has 9 heteroatoms. The number of nitro benzene ring substituents is 1. The van der Waals surface area contributed by atoms with Gasteiger partial charge in [0.05, 0.1) is 9.82 Å². The molecule has 0 spiro atoms. The summed E-state index contributed by atoms with van der Waals surface area (Å²) < 4.78 is 32.8. The van der Waals surface area contributed by atoms with E-state index in [4.69, 9.17) is 4.74 Å². The van der Waals surface area contributed by atoms with Gasteiger partial charge in [-0.25, -0.2) is 8.42 Å². The molecule has 0 saturated carbocycles. The quantitative estimate of drug-likeness (QED) is 0.526. The lowest BCUT2D eigenvalue weighted by Gasteiger charge is -2.31. The van der Waals surface area contributed by atoms with Crippen molar-refractivity contribution in [3.8, 4) is 11.5 Å². The van der Waals surface area contributed by atoms with Crippen LogP contribution in [0.4, 0.5) is 5.69 Å². The molecular formula is C20H25N3O5S. The van der Waals surface area contributed by atoms with E-state index in [-0.39, 0.29) is 16.3 Å². The first-order valence-electron chi connectivity index (χ1n) is 9.43. The molecule has 3 rings (SSSR count). The molecule has 1 aliphatic rings. The van der Waals surface area contributed by atoms with Crippen LogP contribution in [0.2, 0.25) is 0 Å². The Morgan fingerprint density at radius 2 is 1.66 bits per heavy atom. The van der Waals surface area contributed by atoms with Crippen LogP contribution in [0.5, 0.6) is 11.5 Å². The number of likely N-dealkylation sites (N-methyl/N-ethyl adjacent to an activating group) is 1. The van der Waals surface area contributed by atoms with E-state index in [1.54, 1.807) is 12.1 Å². The highest BCUT2D eigenvalue weighted by Crippen LogP contribution is 2.34. The van der Waals surface area contributed by atoms with E-state index in [1.165, 1.54) is 16.4 Å². The number of hydrogen-bond acceptors (Lipinski definition) is 6. The molecule has 0 amide bonds. The zero-order valence-electron chi connectivity index (χ0n) is 16.7. The van der Waals surface area contributed by atoms with Crippen LogP contribution in [0.15, 0.2) is 47.4 Å². The van der Waals surface area contributed by atoms with Crippen molar-refractivity contribution < 1.29 is 18.1 Å². The van der Waals surface area contributed by atoms with Gasteiger partial charge in [-0.05, 0) is 42.8 Å². The van der Waals surface area contributed by atoms with E-state index in [0.29, 0.717) is 37.8 Å². The van der Waals surface area contributed by atoms with Gasteiger partial charge < -0.3 is 9.64 Å². The Morgan fingerprint density at radius 1 is 1.03 bits per heavy atom. The van der Waals surface area contributed by atoms with Crippen LogP contribution in [0.3, 0.4) is 0 Å². The molecule has 2 aromatic carbocycles. The lowest BCUT2D eigenvalue weighted by Crippen LogP contribution is -2.47. The fourth-order valence-corrected chi connectivity index (χ4v) is 4.55. The Labute approximate surface area is 170 Å². The van der Waals surface area contributed by atoms with E-state index in [2.05, 4.69) is 13.8 Å². The van der Waals surface area contributed by atoms with Gasteiger partial charge in [0.2, 0.25) is 15.8 Å². The van der Waals surface area contributed by atoms with E-state index in [9.17, 15) is 18.5 Å². The number of nitro groups is 1.